The molecular formula is C15H19FN2O3. The van der Waals surface area contributed by atoms with E-state index >= 15 is 0 Å². The van der Waals surface area contributed by atoms with Gasteiger partial charge in [-0.05, 0) is 24.6 Å². The number of halogens is 1. The molecule has 1 amide bonds. The smallest absolute Gasteiger partial charge is 0.307 e. The number of carbonyl (C=O) groups excluding carboxylic acids is 2. The van der Waals surface area contributed by atoms with E-state index < -0.39 is 12.0 Å². The van der Waals surface area contributed by atoms with E-state index in [2.05, 4.69) is 5.32 Å². The van der Waals surface area contributed by atoms with Gasteiger partial charge in [-0.2, -0.15) is 0 Å². The third-order valence-corrected chi connectivity index (χ3v) is 3.38. The Morgan fingerprint density at radius 2 is 2.33 bits per heavy atom. The van der Waals surface area contributed by atoms with Crippen molar-refractivity contribution < 1.29 is 18.7 Å². The fourth-order valence-corrected chi connectivity index (χ4v) is 2.42. The Kier molecular flexibility index (Phi) is 5.27. The third-order valence-electron chi connectivity index (χ3n) is 3.38. The minimum atomic E-state index is -0.568. The Labute approximate surface area is 123 Å². The van der Waals surface area contributed by atoms with Crippen molar-refractivity contribution in [1.82, 2.24) is 10.2 Å². The van der Waals surface area contributed by atoms with Crippen molar-refractivity contribution in [3.63, 3.8) is 0 Å². The van der Waals surface area contributed by atoms with E-state index in [1.54, 1.807) is 19.1 Å². The summed E-state index contributed by atoms with van der Waals surface area (Å²) in [5.74, 6) is -0.898. The van der Waals surface area contributed by atoms with Gasteiger partial charge in [-0.3, -0.25) is 14.5 Å². The van der Waals surface area contributed by atoms with E-state index in [1.807, 2.05) is 4.90 Å². The molecule has 0 saturated carbocycles. The Morgan fingerprint density at radius 1 is 1.52 bits per heavy atom. The normalized spacial score (nSPS) is 19.1. The van der Waals surface area contributed by atoms with Crippen LogP contribution in [0, 0.1) is 5.82 Å². The molecule has 0 radical (unpaired) electrons. The third kappa shape index (κ3) is 4.26. The first kappa shape index (κ1) is 15.4. The lowest BCUT2D eigenvalue weighted by molar-refractivity contribution is -0.148. The van der Waals surface area contributed by atoms with Crippen molar-refractivity contribution in [3.05, 3.63) is 35.6 Å². The van der Waals surface area contributed by atoms with Gasteiger partial charge in [-0.15, -0.1) is 0 Å². The fraction of sp³-hybridized carbons (Fsp3) is 0.467. The molecule has 1 saturated heterocycles. The van der Waals surface area contributed by atoms with Crippen LogP contribution in [0.2, 0.25) is 0 Å². The summed E-state index contributed by atoms with van der Waals surface area (Å²) in [4.78, 5) is 25.5. The van der Waals surface area contributed by atoms with Crippen LogP contribution in [0.5, 0.6) is 0 Å². The average molecular weight is 294 g/mol. The van der Waals surface area contributed by atoms with Gasteiger partial charge in [0.15, 0.2) is 0 Å². The number of ether oxygens (including phenoxy) is 1. The van der Waals surface area contributed by atoms with Gasteiger partial charge in [0, 0.05) is 19.6 Å². The highest BCUT2D eigenvalue weighted by atomic mass is 19.1. The van der Waals surface area contributed by atoms with Crippen LogP contribution in [0.1, 0.15) is 18.9 Å². The highest BCUT2D eigenvalue weighted by molar-refractivity contribution is 5.87. The van der Waals surface area contributed by atoms with Crippen LogP contribution in [-0.4, -0.2) is 42.5 Å². The highest BCUT2D eigenvalue weighted by Crippen LogP contribution is 2.15. The highest BCUT2D eigenvalue weighted by Gasteiger charge is 2.32. The lowest BCUT2D eigenvalue weighted by atomic mass is 10.1. The monoisotopic (exact) mass is 294 g/mol. The van der Waals surface area contributed by atoms with Gasteiger partial charge in [0.05, 0.1) is 13.0 Å². The van der Waals surface area contributed by atoms with E-state index in [-0.39, 0.29) is 24.8 Å². The average Bonchev–Trinajstić information content (AvgIpc) is 2.43. The Bertz CT molecular complexity index is 521. The van der Waals surface area contributed by atoms with Gasteiger partial charge >= 0.3 is 5.97 Å². The molecule has 1 N–H and O–H groups in total. The molecule has 0 aliphatic carbocycles. The van der Waals surface area contributed by atoms with Crippen LogP contribution in [-0.2, 0) is 20.9 Å². The number of nitrogens with zero attached hydrogens (tertiary/aromatic N) is 1. The van der Waals surface area contributed by atoms with E-state index in [0.29, 0.717) is 19.6 Å². The fourth-order valence-electron chi connectivity index (χ4n) is 2.42. The number of benzene rings is 1. The van der Waals surface area contributed by atoms with Crippen LogP contribution in [0.15, 0.2) is 24.3 Å². The number of hydrogen-bond donors (Lipinski definition) is 1. The largest absolute Gasteiger partial charge is 0.466 e. The number of amides is 1. The molecule has 21 heavy (non-hydrogen) atoms. The predicted octanol–water partition coefficient (Wildman–Crippen LogP) is 1.08. The number of hydrogen-bond acceptors (Lipinski definition) is 4. The second kappa shape index (κ2) is 7.17. The number of rotatable bonds is 5. The summed E-state index contributed by atoms with van der Waals surface area (Å²) in [7, 11) is 0. The molecule has 5 nitrogen and oxygen atoms in total. The topological polar surface area (TPSA) is 58.6 Å². The Morgan fingerprint density at radius 3 is 3.05 bits per heavy atom. The maximum absolute atomic E-state index is 13.2. The maximum atomic E-state index is 13.2. The molecule has 0 aromatic heterocycles. The SMILES string of the molecule is CCOC(=O)CC1C(=O)NCCN1Cc1cccc(F)c1. The summed E-state index contributed by atoms with van der Waals surface area (Å²) in [6, 6.07) is 5.68. The first-order valence-electron chi connectivity index (χ1n) is 7.02. The molecule has 0 spiro atoms. The summed E-state index contributed by atoms with van der Waals surface area (Å²) >= 11 is 0. The van der Waals surface area contributed by atoms with Crippen LogP contribution < -0.4 is 5.32 Å². The maximum Gasteiger partial charge on any atom is 0.307 e. The minimum absolute atomic E-state index is 0.00892. The molecule has 1 aliphatic heterocycles. The van der Waals surface area contributed by atoms with Crippen molar-refractivity contribution in [1.29, 1.82) is 0 Å². The molecule has 1 unspecified atom stereocenters. The summed E-state index contributed by atoms with van der Waals surface area (Å²) in [5.41, 5.74) is 0.776. The zero-order valence-electron chi connectivity index (χ0n) is 12.0. The van der Waals surface area contributed by atoms with E-state index in [1.165, 1.54) is 12.1 Å². The zero-order valence-corrected chi connectivity index (χ0v) is 12.0. The molecule has 1 fully saturated rings. The Balaban J connectivity index is 2.07. The van der Waals surface area contributed by atoms with E-state index in [9.17, 15) is 14.0 Å². The summed E-state index contributed by atoms with van der Waals surface area (Å²) in [6.07, 6.45) is 0.00892. The van der Waals surface area contributed by atoms with Crippen molar-refractivity contribution >= 4 is 11.9 Å². The first-order valence-corrected chi connectivity index (χ1v) is 7.02. The number of esters is 1. The van der Waals surface area contributed by atoms with Gasteiger partial charge in [-0.25, -0.2) is 4.39 Å². The van der Waals surface area contributed by atoms with Crippen LogP contribution in [0.4, 0.5) is 4.39 Å². The molecule has 6 heteroatoms. The molecule has 1 aliphatic rings. The summed E-state index contributed by atoms with van der Waals surface area (Å²) < 4.78 is 18.1. The second-order valence-corrected chi connectivity index (χ2v) is 4.92. The summed E-state index contributed by atoms with van der Waals surface area (Å²) in [6.45, 7) is 3.58. The molecule has 1 aromatic carbocycles. The Hall–Kier alpha value is -1.95. The molecule has 1 heterocycles. The number of carbonyl (C=O) groups is 2. The van der Waals surface area contributed by atoms with Gasteiger partial charge < -0.3 is 10.1 Å². The molecule has 2 rings (SSSR count). The molecule has 114 valence electrons. The first-order chi connectivity index (χ1) is 10.1. The van der Waals surface area contributed by atoms with Crippen LogP contribution >= 0.6 is 0 Å². The van der Waals surface area contributed by atoms with Gasteiger partial charge in [0.2, 0.25) is 5.91 Å². The number of nitrogens with one attached hydrogen (secondary N) is 1. The van der Waals surface area contributed by atoms with Crippen molar-refractivity contribution in [2.24, 2.45) is 0 Å². The summed E-state index contributed by atoms with van der Waals surface area (Å²) in [5, 5.41) is 2.74. The lowest BCUT2D eigenvalue weighted by Crippen LogP contribution is -2.55. The van der Waals surface area contributed by atoms with Crippen LogP contribution in [0.3, 0.4) is 0 Å². The molecule has 1 aromatic rings. The molecular weight excluding hydrogens is 275 g/mol. The zero-order chi connectivity index (χ0) is 15.2. The lowest BCUT2D eigenvalue weighted by Gasteiger charge is -2.34. The standard InChI is InChI=1S/C15H19FN2O3/c1-2-21-14(19)9-13-15(20)17-6-7-18(13)10-11-4-3-5-12(16)8-11/h3-5,8,13H,2,6-7,9-10H2,1H3,(H,17,20). The minimum Gasteiger partial charge on any atom is -0.466 e. The number of piperazine rings is 1. The van der Waals surface area contributed by atoms with E-state index in [4.69, 9.17) is 4.74 Å². The van der Waals surface area contributed by atoms with Gasteiger partial charge in [-0.1, -0.05) is 12.1 Å². The predicted molar refractivity (Wildman–Crippen MR) is 74.9 cm³/mol. The van der Waals surface area contributed by atoms with Crippen molar-refractivity contribution in [2.75, 3.05) is 19.7 Å². The molecule has 0 bridgehead atoms. The second-order valence-electron chi connectivity index (χ2n) is 4.92. The van der Waals surface area contributed by atoms with Crippen molar-refractivity contribution in [3.8, 4) is 0 Å². The van der Waals surface area contributed by atoms with E-state index in [0.717, 1.165) is 5.56 Å². The quantitative estimate of drug-likeness (QED) is 0.826. The van der Waals surface area contributed by atoms with Gasteiger partial charge in [0.1, 0.15) is 11.9 Å². The van der Waals surface area contributed by atoms with Gasteiger partial charge in [0.25, 0.3) is 0 Å². The van der Waals surface area contributed by atoms with Crippen molar-refractivity contribution in [2.45, 2.75) is 25.9 Å². The van der Waals surface area contributed by atoms with Crippen LogP contribution in [0.25, 0.3) is 0 Å². The molecule has 1 atom stereocenters.